The van der Waals surface area contributed by atoms with Crippen LogP contribution in [0.5, 0.6) is 0 Å². The average molecular weight is 276 g/mol. The molecule has 0 bridgehead atoms. The summed E-state index contributed by atoms with van der Waals surface area (Å²) in [6, 6.07) is 4.99. The van der Waals surface area contributed by atoms with Gasteiger partial charge < -0.3 is 9.30 Å². The fourth-order valence-electron chi connectivity index (χ4n) is 2.78. The van der Waals surface area contributed by atoms with Gasteiger partial charge in [-0.25, -0.2) is 9.37 Å². The van der Waals surface area contributed by atoms with Crippen molar-refractivity contribution in [3.63, 3.8) is 0 Å². The molecule has 0 amide bonds. The molecule has 0 N–H and O–H groups in total. The first-order valence-corrected chi connectivity index (χ1v) is 6.76. The molecule has 1 fully saturated rings. The van der Waals surface area contributed by atoms with Crippen LogP contribution in [0, 0.1) is 5.82 Å². The van der Waals surface area contributed by atoms with Crippen LogP contribution in [-0.4, -0.2) is 22.6 Å². The van der Waals surface area contributed by atoms with E-state index in [-0.39, 0.29) is 17.8 Å². The molecule has 20 heavy (non-hydrogen) atoms. The quantitative estimate of drug-likeness (QED) is 0.810. The maximum Gasteiger partial charge on any atom is 0.319 e. The van der Waals surface area contributed by atoms with Gasteiger partial charge in [0, 0.05) is 6.04 Å². The number of esters is 1. The van der Waals surface area contributed by atoms with Crippen molar-refractivity contribution in [2.45, 2.75) is 38.1 Å². The standard InChI is InChI=1S/C15H17FN2O2/c1-9(2)18-11-6-4-5-10(16)12(11)17-13(18)15(7-8-15)14(19)20-3/h4-6,9H,7-8H2,1-3H3. The minimum absolute atomic E-state index is 0.0962. The van der Waals surface area contributed by atoms with Gasteiger partial charge in [-0.1, -0.05) is 6.07 Å². The molecule has 0 unspecified atom stereocenters. The van der Waals surface area contributed by atoms with E-state index in [0.717, 1.165) is 5.52 Å². The number of carbonyl (C=O) groups is 1. The summed E-state index contributed by atoms with van der Waals surface area (Å²) in [5, 5.41) is 0. The lowest BCUT2D eigenvalue weighted by Crippen LogP contribution is -2.26. The van der Waals surface area contributed by atoms with Crippen molar-refractivity contribution in [2.75, 3.05) is 7.11 Å². The molecular formula is C15H17FN2O2. The summed E-state index contributed by atoms with van der Waals surface area (Å²) in [5.74, 6) is -0.0154. The van der Waals surface area contributed by atoms with E-state index in [0.29, 0.717) is 24.2 Å². The monoisotopic (exact) mass is 276 g/mol. The highest BCUT2D eigenvalue weighted by molar-refractivity contribution is 5.87. The van der Waals surface area contributed by atoms with Gasteiger partial charge in [-0.05, 0) is 38.8 Å². The predicted octanol–water partition coefficient (Wildman–Crippen LogP) is 2.96. The van der Waals surface area contributed by atoms with Crippen molar-refractivity contribution < 1.29 is 13.9 Å². The number of methoxy groups -OCH3 is 1. The number of ether oxygens (including phenoxy) is 1. The molecule has 1 aromatic heterocycles. The van der Waals surface area contributed by atoms with Crippen molar-refractivity contribution in [2.24, 2.45) is 0 Å². The van der Waals surface area contributed by atoms with Gasteiger partial charge in [0.2, 0.25) is 0 Å². The van der Waals surface area contributed by atoms with Gasteiger partial charge in [0.25, 0.3) is 0 Å². The number of nitrogens with zero attached hydrogens (tertiary/aromatic N) is 2. The largest absolute Gasteiger partial charge is 0.468 e. The number of imidazole rings is 1. The van der Waals surface area contributed by atoms with E-state index < -0.39 is 5.41 Å². The van der Waals surface area contributed by atoms with Crippen molar-refractivity contribution in [3.05, 3.63) is 29.8 Å². The average Bonchev–Trinajstić information content (AvgIpc) is 3.12. The number of hydrogen-bond donors (Lipinski definition) is 0. The molecular weight excluding hydrogens is 259 g/mol. The highest BCUT2D eigenvalue weighted by Gasteiger charge is 2.56. The lowest BCUT2D eigenvalue weighted by Gasteiger charge is -2.18. The summed E-state index contributed by atoms with van der Waals surface area (Å²) in [5.41, 5.74) is 0.362. The zero-order valence-corrected chi connectivity index (χ0v) is 11.8. The second kappa shape index (κ2) is 4.30. The van der Waals surface area contributed by atoms with Crippen LogP contribution < -0.4 is 0 Å². The zero-order valence-electron chi connectivity index (χ0n) is 11.8. The molecule has 1 aliphatic carbocycles. The number of hydrogen-bond acceptors (Lipinski definition) is 3. The van der Waals surface area contributed by atoms with Crippen LogP contribution in [-0.2, 0) is 14.9 Å². The molecule has 0 spiro atoms. The molecule has 1 heterocycles. The summed E-state index contributed by atoms with van der Waals surface area (Å²) < 4.78 is 20.8. The molecule has 0 radical (unpaired) electrons. The highest BCUT2D eigenvalue weighted by Crippen LogP contribution is 2.50. The lowest BCUT2D eigenvalue weighted by molar-refractivity contribution is -0.144. The van der Waals surface area contributed by atoms with E-state index in [1.165, 1.54) is 13.2 Å². The topological polar surface area (TPSA) is 44.1 Å². The van der Waals surface area contributed by atoms with E-state index in [2.05, 4.69) is 4.98 Å². The Balaban J connectivity index is 2.28. The van der Waals surface area contributed by atoms with Crippen LogP contribution in [0.2, 0.25) is 0 Å². The van der Waals surface area contributed by atoms with Crippen LogP contribution in [0.4, 0.5) is 4.39 Å². The molecule has 106 valence electrons. The lowest BCUT2D eigenvalue weighted by atomic mass is 10.1. The molecule has 3 rings (SSSR count). The Morgan fingerprint density at radius 1 is 1.45 bits per heavy atom. The normalized spacial score (nSPS) is 16.6. The van der Waals surface area contributed by atoms with Crippen molar-refractivity contribution in [1.29, 1.82) is 0 Å². The number of rotatable bonds is 3. The third-order valence-electron chi connectivity index (χ3n) is 3.94. The number of halogens is 1. The third kappa shape index (κ3) is 1.65. The minimum atomic E-state index is -0.690. The molecule has 0 saturated heterocycles. The minimum Gasteiger partial charge on any atom is -0.468 e. The first-order chi connectivity index (χ1) is 9.51. The van der Waals surface area contributed by atoms with Gasteiger partial charge in [-0.2, -0.15) is 0 Å². The second-order valence-electron chi connectivity index (χ2n) is 5.58. The molecule has 2 aromatic rings. The Morgan fingerprint density at radius 3 is 2.70 bits per heavy atom. The molecule has 1 aromatic carbocycles. The third-order valence-corrected chi connectivity index (χ3v) is 3.94. The molecule has 4 nitrogen and oxygen atoms in total. The number of benzene rings is 1. The van der Waals surface area contributed by atoms with Gasteiger partial charge in [0.15, 0.2) is 5.82 Å². The van der Waals surface area contributed by atoms with Crippen LogP contribution in [0.25, 0.3) is 11.0 Å². The number of fused-ring (bicyclic) bond motifs is 1. The zero-order chi connectivity index (χ0) is 14.5. The van der Waals surface area contributed by atoms with Gasteiger partial charge >= 0.3 is 5.97 Å². The maximum atomic E-state index is 13.9. The fraction of sp³-hybridized carbons (Fsp3) is 0.467. The fourth-order valence-corrected chi connectivity index (χ4v) is 2.78. The van der Waals surface area contributed by atoms with Crippen LogP contribution in [0.15, 0.2) is 18.2 Å². The van der Waals surface area contributed by atoms with E-state index in [1.807, 2.05) is 24.5 Å². The van der Waals surface area contributed by atoms with Crippen LogP contribution >= 0.6 is 0 Å². The van der Waals surface area contributed by atoms with Crippen molar-refractivity contribution in [3.8, 4) is 0 Å². The Labute approximate surface area is 116 Å². The van der Waals surface area contributed by atoms with E-state index in [1.54, 1.807) is 6.07 Å². The van der Waals surface area contributed by atoms with Gasteiger partial charge in [0.05, 0.1) is 12.6 Å². The molecule has 5 heteroatoms. The second-order valence-corrected chi connectivity index (χ2v) is 5.58. The Bertz CT molecular complexity index is 686. The molecule has 0 atom stereocenters. The SMILES string of the molecule is COC(=O)C1(c2nc3c(F)cccc3n2C(C)C)CC1. The van der Waals surface area contributed by atoms with Crippen molar-refractivity contribution >= 4 is 17.0 Å². The summed E-state index contributed by atoms with van der Waals surface area (Å²) >= 11 is 0. The smallest absolute Gasteiger partial charge is 0.319 e. The van der Waals surface area contributed by atoms with E-state index >= 15 is 0 Å². The molecule has 1 saturated carbocycles. The molecule has 0 aliphatic heterocycles. The van der Waals surface area contributed by atoms with E-state index in [9.17, 15) is 9.18 Å². The first kappa shape index (κ1) is 13.1. The number of para-hydroxylation sites is 1. The summed E-state index contributed by atoms with van der Waals surface area (Å²) in [6.45, 7) is 4.01. The highest BCUT2D eigenvalue weighted by atomic mass is 19.1. The van der Waals surface area contributed by atoms with Gasteiger partial charge in [0.1, 0.15) is 16.8 Å². The maximum absolute atomic E-state index is 13.9. The van der Waals surface area contributed by atoms with E-state index in [4.69, 9.17) is 4.74 Å². The summed E-state index contributed by atoms with van der Waals surface area (Å²) in [7, 11) is 1.38. The van der Waals surface area contributed by atoms with Gasteiger partial charge in [-0.3, -0.25) is 4.79 Å². The predicted molar refractivity (Wildman–Crippen MR) is 73.0 cm³/mol. The number of carbonyl (C=O) groups excluding carboxylic acids is 1. The van der Waals surface area contributed by atoms with Crippen LogP contribution in [0.3, 0.4) is 0 Å². The molecule has 1 aliphatic rings. The Hall–Kier alpha value is -1.91. The van der Waals surface area contributed by atoms with Crippen molar-refractivity contribution in [1.82, 2.24) is 9.55 Å². The summed E-state index contributed by atoms with van der Waals surface area (Å²) in [6.07, 6.45) is 1.41. The summed E-state index contributed by atoms with van der Waals surface area (Å²) in [4.78, 5) is 16.5. The Morgan fingerprint density at radius 2 is 2.15 bits per heavy atom. The number of aromatic nitrogens is 2. The van der Waals surface area contributed by atoms with Crippen LogP contribution in [0.1, 0.15) is 38.6 Å². The van der Waals surface area contributed by atoms with Gasteiger partial charge in [-0.15, -0.1) is 0 Å². The first-order valence-electron chi connectivity index (χ1n) is 6.76. The Kier molecular flexibility index (Phi) is 2.81.